The van der Waals surface area contributed by atoms with Gasteiger partial charge in [-0.3, -0.25) is 10.3 Å². The molecule has 0 radical (unpaired) electrons. The van der Waals surface area contributed by atoms with E-state index in [9.17, 15) is 4.79 Å². The molecule has 0 unspecified atom stereocenters. The van der Waals surface area contributed by atoms with Crippen LogP contribution in [0.25, 0.3) is 22.2 Å². The Morgan fingerprint density at radius 2 is 1.77 bits per heavy atom. The summed E-state index contributed by atoms with van der Waals surface area (Å²) in [5.74, 6) is 1.09. The first kappa shape index (κ1) is 23.5. The Hall–Kier alpha value is -3.26. The van der Waals surface area contributed by atoms with E-state index < -0.39 is 0 Å². The summed E-state index contributed by atoms with van der Waals surface area (Å²) < 4.78 is 5.83. The maximum atomic E-state index is 12.4. The van der Waals surface area contributed by atoms with E-state index in [1.165, 1.54) is 45.2 Å². The minimum Gasteiger partial charge on any atom is -0.478 e. The molecule has 8 nitrogen and oxygen atoms in total. The van der Waals surface area contributed by atoms with Gasteiger partial charge in [0.1, 0.15) is 0 Å². The monoisotopic (exact) mass is 474 g/mol. The van der Waals surface area contributed by atoms with Crippen LogP contribution in [0.3, 0.4) is 0 Å². The molecule has 1 aliphatic carbocycles. The lowest BCUT2D eigenvalue weighted by Gasteiger charge is -2.22. The molecule has 3 aromatic rings. The highest BCUT2D eigenvalue weighted by Crippen LogP contribution is 2.24. The van der Waals surface area contributed by atoms with Crippen molar-refractivity contribution in [2.24, 2.45) is 0 Å². The number of anilines is 1. The van der Waals surface area contributed by atoms with Crippen molar-refractivity contribution in [1.82, 2.24) is 25.2 Å². The molecule has 184 valence electrons. The Bertz CT molecular complexity index is 1120. The summed E-state index contributed by atoms with van der Waals surface area (Å²) >= 11 is 0. The highest BCUT2D eigenvalue weighted by atomic mass is 16.5. The van der Waals surface area contributed by atoms with Crippen molar-refractivity contribution >= 4 is 22.9 Å². The third-order valence-electron chi connectivity index (χ3n) is 6.86. The van der Waals surface area contributed by atoms with Crippen LogP contribution < -0.4 is 15.4 Å². The highest BCUT2D eigenvalue weighted by Gasteiger charge is 2.16. The number of hydrogen-bond donors (Lipinski definition) is 2. The topological polar surface area (TPSA) is 92.3 Å². The third kappa shape index (κ3) is 6.45. The quantitative estimate of drug-likeness (QED) is 0.446. The Balaban J connectivity index is 1.18. The molecule has 0 bridgehead atoms. The SMILES string of the molecule is O=C(Nc1cnc2ccc(-c3ccc(OCCCN4CCCC4)nc3)cc2n1)NC1CCCCC1. The lowest BCUT2D eigenvalue weighted by molar-refractivity contribution is 0.244. The van der Waals surface area contributed by atoms with Crippen LogP contribution >= 0.6 is 0 Å². The zero-order valence-electron chi connectivity index (χ0n) is 20.2. The molecular weight excluding hydrogens is 440 g/mol. The second-order valence-electron chi connectivity index (χ2n) is 9.53. The van der Waals surface area contributed by atoms with Gasteiger partial charge in [0.25, 0.3) is 0 Å². The largest absolute Gasteiger partial charge is 0.478 e. The van der Waals surface area contributed by atoms with Gasteiger partial charge in [0, 0.05) is 30.4 Å². The van der Waals surface area contributed by atoms with Crippen LogP contribution in [0.5, 0.6) is 5.88 Å². The molecule has 2 fully saturated rings. The summed E-state index contributed by atoms with van der Waals surface area (Å²) in [7, 11) is 0. The standard InChI is InChI=1S/C27H34N6O2/c34-27(30-22-7-2-1-3-8-22)32-25-19-28-23-11-9-20(17-24(23)31-25)21-10-12-26(29-18-21)35-16-6-15-33-13-4-5-14-33/h9-12,17-19,22H,1-8,13-16H2,(H2,30,31,32,34). The Morgan fingerprint density at radius 3 is 2.57 bits per heavy atom. The lowest BCUT2D eigenvalue weighted by atomic mass is 9.96. The molecule has 1 aliphatic heterocycles. The molecule has 1 saturated heterocycles. The maximum Gasteiger partial charge on any atom is 0.320 e. The van der Waals surface area contributed by atoms with Crippen molar-refractivity contribution in [3.05, 3.63) is 42.7 Å². The fraction of sp³-hybridized carbons (Fsp3) is 0.481. The van der Waals surface area contributed by atoms with Crippen LogP contribution in [-0.4, -0.2) is 58.2 Å². The molecule has 0 atom stereocenters. The van der Waals surface area contributed by atoms with E-state index in [0.29, 0.717) is 18.3 Å². The Labute approximate surface area is 206 Å². The average molecular weight is 475 g/mol. The van der Waals surface area contributed by atoms with Crippen molar-refractivity contribution in [1.29, 1.82) is 0 Å². The number of rotatable bonds is 8. The second-order valence-corrected chi connectivity index (χ2v) is 9.53. The number of likely N-dealkylation sites (tertiary alicyclic amines) is 1. The number of pyridine rings is 1. The molecule has 1 aromatic carbocycles. The van der Waals surface area contributed by atoms with Crippen molar-refractivity contribution in [3.63, 3.8) is 0 Å². The van der Waals surface area contributed by atoms with E-state index in [1.54, 1.807) is 6.20 Å². The number of amides is 2. The normalized spacial score (nSPS) is 16.9. The van der Waals surface area contributed by atoms with E-state index in [1.807, 2.05) is 36.5 Å². The molecule has 1 saturated carbocycles. The Kier molecular flexibility index (Phi) is 7.68. The van der Waals surface area contributed by atoms with Gasteiger partial charge in [-0.15, -0.1) is 0 Å². The number of nitrogens with one attached hydrogen (secondary N) is 2. The van der Waals surface area contributed by atoms with Crippen LogP contribution in [0.2, 0.25) is 0 Å². The maximum absolute atomic E-state index is 12.4. The minimum absolute atomic E-state index is 0.220. The summed E-state index contributed by atoms with van der Waals surface area (Å²) in [6.07, 6.45) is 12.7. The van der Waals surface area contributed by atoms with Crippen LogP contribution in [0, 0.1) is 0 Å². The van der Waals surface area contributed by atoms with E-state index in [2.05, 4.69) is 30.5 Å². The molecule has 2 amide bonds. The van der Waals surface area contributed by atoms with E-state index in [0.717, 1.165) is 48.0 Å². The number of ether oxygens (including phenoxy) is 1. The molecular formula is C27H34N6O2. The summed E-state index contributed by atoms with van der Waals surface area (Å²) in [6.45, 7) is 4.20. The number of nitrogens with zero attached hydrogens (tertiary/aromatic N) is 4. The summed E-state index contributed by atoms with van der Waals surface area (Å²) in [5, 5.41) is 5.88. The van der Waals surface area contributed by atoms with Gasteiger partial charge < -0.3 is 15.0 Å². The van der Waals surface area contributed by atoms with Crippen molar-refractivity contribution in [3.8, 4) is 17.0 Å². The molecule has 2 aromatic heterocycles. The van der Waals surface area contributed by atoms with Crippen LogP contribution in [0.4, 0.5) is 10.6 Å². The predicted octanol–water partition coefficient (Wildman–Crippen LogP) is 5.01. The molecule has 5 rings (SSSR count). The first-order valence-corrected chi connectivity index (χ1v) is 12.9. The van der Waals surface area contributed by atoms with E-state index >= 15 is 0 Å². The zero-order chi connectivity index (χ0) is 23.9. The first-order chi connectivity index (χ1) is 17.2. The number of benzene rings is 1. The van der Waals surface area contributed by atoms with Gasteiger partial charge in [0.05, 0.1) is 23.8 Å². The highest BCUT2D eigenvalue weighted by molar-refractivity contribution is 5.90. The van der Waals surface area contributed by atoms with Gasteiger partial charge in [-0.2, -0.15) is 0 Å². The molecule has 3 heterocycles. The summed E-state index contributed by atoms with van der Waals surface area (Å²) in [6, 6.07) is 9.86. The first-order valence-electron chi connectivity index (χ1n) is 12.9. The molecule has 2 N–H and O–H groups in total. The van der Waals surface area contributed by atoms with Gasteiger partial charge in [-0.1, -0.05) is 25.3 Å². The number of fused-ring (bicyclic) bond motifs is 1. The van der Waals surface area contributed by atoms with Gasteiger partial charge in [-0.25, -0.2) is 14.8 Å². The fourth-order valence-corrected chi connectivity index (χ4v) is 4.94. The number of aromatic nitrogens is 3. The van der Waals surface area contributed by atoms with Crippen LogP contribution in [0.1, 0.15) is 51.4 Å². The second kappa shape index (κ2) is 11.4. The van der Waals surface area contributed by atoms with Gasteiger partial charge in [0.15, 0.2) is 5.82 Å². The Morgan fingerprint density at radius 1 is 0.943 bits per heavy atom. The predicted molar refractivity (Wildman–Crippen MR) is 138 cm³/mol. The lowest BCUT2D eigenvalue weighted by Crippen LogP contribution is -2.39. The van der Waals surface area contributed by atoms with Crippen LogP contribution in [0.15, 0.2) is 42.7 Å². The smallest absolute Gasteiger partial charge is 0.320 e. The van der Waals surface area contributed by atoms with Crippen molar-refractivity contribution < 1.29 is 9.53 Å². The molecule has 2 aliphatic rings. The number of carbonyl (C=O) groups excluding carboxylic acids is 1. The molecule has 35 heavy (non-hydrogen) atoms. The third-order valence-corrected chi connectivity index (χ3v) is 6.86. The zero-order valence-corrected chi connectivity index (χ0v) is 20.2. The van der Waals surface area contributed by atoms with Gasteiger partial charge >= 0.3 is 6.03 Å². The fourth-order valence-electron chi connectivity index (χ4n) is 4.94. The summed E-state index contributed by atoms with van der Waals surface area (Å²) in [4.78, 5) is 28.4. The van der Waals surface area contributed by atoms with Gasteiger partial charge in [0.2, 0.25) is 5.88 Å². The van der Waals surface area contributed by atoms with E-state index in [4.69, 9.17) is 4.74 Å². The average Bonchev–Trinajstić information content (AvgIpc) is 3.41. The number of hydrogen-bond acceptors (Lipinski definition) is 6. The molecule has 8 heteroatoms. The minimum atomic E-state index is -0.220. The van der Waals surface area contributed by atoms with Gasteiger partial charge in [-0.05, 0) is 69.0 Å². The summed E-state index contributed by atoms with van der Waals surface area (Å²) in [5.41, 5.74) is 3.47. The molecule has 0 spiro atoms. The van der Waals surface area contributed by atoms with Crippen molar-refractivity contribution in [2.45, 2.75) is 57.4 Å². The number of urea groups is 1. The van der Waals surface area contributed by atoms with Crippen molar-refractivity contribution in [2.75, 3.05) is 31.6 Å². The van der Waals surface area contributed by atoms with Crippen LogP contribution in [-0.2, 0) is 0 Å². The number of carbonyl (C=O) groups is 1. The van der Waals surface area contributed by atoms with E-state index in [-0.39, 0.29) is 12.1 Å².